The average molecular weight is 608 g/mol. The molecule has 0 saturated carbocycles. The summed E-state index contributed by atoms with van der Waals surface area (Å²) in [5.74, 6) is 2.03. The number of hydrogen-bond donors (Lipinski definition) is 2. The van der Waals surface area contributed by atoms with Crippen molar-refractivity contribution in [3.05, 3.63) is 71.5 Å². The van der Waals surface area contributed by atoms with E-state index in [4.69, 9.17) is 16.3 Å². The van der Waals surface area contributed by atoms with Gasteiger partial charge in [-0.15, -0.1) is 36.2 Å². The van der Waals surface area contributed by atoms with Crippen molar-refractivity contribution in [2.24, 2.45) is 0 Å². The first-order valence-electron chi connectivity index (χ1n) is 11.9. The van der Waals surface area contributed by atoms with Gasteiger partial charge in [0.25, 0.3) is 0 Å². The highest BCUT2D eigenvalue weighted by molar-refractivity contribution is 7.17. The monoisotopic (exact) mass is 606 g/mol. The Morgan fingerprint density at radius 3 is 2.74 bits per heavy atom. The molecule has 39 heavy (non-hydrogen) atoms. The van der Waals surface area contributed by atoms with Crippen LogP contribution in [0.4, 0.5) is 11.5 Å². The Hall–Kier alpha value is -3.08. The smallest absolute Gasteiger partial charge is 0.221 e. The van der Waals surface area contributed by atoms with E-state index in [9.17, 15) is 4.79 Å². The van der Waals surface area contributed by atoms with Gasteiger partial charge in [0.05, 0.1) is 10.5 Å². The summed E-state index contributed by atoms with van der Waals surface area (Å²) >= 11 is 8.27. The second kappa shape index (κ2) is 13.8. The summed E-state index contributed by atoms with van der Waals surface area (Å²) in [4.78, 5) is 22.9. The van der Waals surface area contributed by atoms with Gasteiger partial charge in [-0.05, 0) is 61.9 Å². The van der Waals surface area contributed by atoms with Gasteiger partial charge in [0.2, 0.25) is 5.91 Å². The number of fused-ring (bicyclic) bond motifs is 2. The largest absolute Gasteiger partial charge is 0.455 e. The lowest BCUT2D eigenvalue weighted by Gasteiger charge is -2.13. The molecular weight excluding hydrogens is 579 g/mol. The zero-order chi connectivity index (χ0) is 25.8. The number of halogens is 3. The molecule has 0 aliphatic rings. The number of thiophene rings is 1. The number of hydrogen-bond acceptors (Lipinski definition) is 7. The van der Waals surface area contributed by atoms with Crippen LogP contribution in [0, 0.1) is 0 Å². The molecule has 0 atom stereocenters. The molecule has 0 fully saturated rings. The lowest BCUT2D eigenvalue weighted by Crippen LogP contribution is -2.29. The van der Waals surface area contributed by atoms with Crippen LogP contribution in [0.1, 0.15) is 6.42 Å². The molecule has 12 heteroatoms. The molecule has 1 amide bonds. The summed E-state index contributed by atoms with van der Waals surface area (Å²) in [6, 6.07) is 15.5. The maximum Gasteiger partial charge on any atom is 0.221 e. The average Bonchev–Trinajstić information content (AvgIpc) is 3.53. The maximum absolute atomic E-state index is 12.1. The van der Waals surface area contributed by atoms with Crippen LogP contribution in [0.3, 0.4) is 0 Å². The van der Waals surface area contributed by atoms with E-state index in [-0.39, 0.29) is 30.7 Å². The van der Waals surface area contributed by atoms with Crippen molar-refractivity contribution < 1.29 is 9.53 Å². The molecule has 0 radical (unpaired) electrons. The first-order valence-corrected chi connectivity index (χ1v) is 13.2. The molecule has 2 aromatic carbocycles. The van der Waals surface area contributed by atoms with Crippen LogP contribution < -0.4 is 15.4 Å². The lowest BCUT2D eigenvalue weighted by molar-refractivity contribution is -0.121. The predicted molar refractivity (Wildman–Crippen MR) is 165 cm³/mol. The van der Waals surface area contributed by atoms with E-state index in [0.717, 1.165) is 39.1 Å². The zero-order valence-electron chi connectivity index (χ0n) is 21.4. The quantitative estimate of drug-likeness (QED) is 0.183. The van der Waals surface area contributed by atoms with E-state index in [2.05, 4.69) is 26.7 Å². The Labute approximate surface area is 248 Å². The molecule has 0 aliphatic carbocycles. The van der Waals surface area contributed by atoms with Gasteiger partial charge >= 0.3 is 0 Å². The van der Waals surface area contributed by atoms with Crippen LogP contribution in [-0.4, -0.2) is 52.5 Å². The van der Waals surface area contributed by atoms with Gasteiger partial charge in [-0.1, -0.05) is 17.7 Å². The van der Waals surface area contributed by atoms with Gasteiger partial charge in [0.1, 0.15) is 23.3 Å². The molecule has 5 rings (SSSR count). The number of nitrogens with one attached hydrogen (secondary N) is 2. The zero-order valence-corrected chi connectivity index (χ0v) is 24.6. The number of rotatable bonds is 10. The topological polar surface area (TPSA) is 84.3 Å². The van der Waals surface area contributed by atoms with Crippen molar-refractivity contribution in [1.82, 2.24) is 24.8 Å². The van der Waals surface area contributed by atoms with Gasteiger partial charge in [0, 0.05) is 48.0 Å². The fourth-order valence-electron chi connectivity index (χ4n) is 4.01. The second-order valence-electron chi connectivity index (χ2n) is 8.83. The van der Waals surface area contributed by atoms with E-state index in [0.29, 0.717) is 36.1 Å². The van der Waals surface area contributed by atoms with Crippen LogP contribution in [-0.2, 0) is 11.3 Å². The minimum Gasteiger partial charge on any atom is -0.455 e. The van der Waals surface area contributed by atoms with Gasteiger partial charge in [-0.2, -0.15) is 0 Å². The first-order chi connectivity index (χ1) is 18.0. The third kappa shape index (κ3) is 7.32. The van der Waals surface area contributed by atoms with Gasteiger partial charge in [-0.3, -0.25) is 4.79 Å². The number of aromatic nitrogens is 3. The molecule has 0 bridgehead atoms. The van der Waals surface area contributed by atoms with Crippen LogP contribution in [0.2, 0.25) is 5.02 Å². The Bertz CT molecular complexity index is 1560. The van der Waals surface area contributed by atoms with Crippen molar-refractivity contribution in [3.63, 3.8) is 0 Å². The summed E-state index contributed by atoms with van der Waals surface area (Å²) in [7, 11) is 3.90. The number of anilines is 2. The second-order valence-corrected chi connectivity index (χ2v) is 10.2. The van der Waals surface area contributed by atoms with Gasteiger partial charge < -0.3 is 24.8 Å². The molecule has 0 unspecified atom stereocenters. The normalized spacial score (nSPS) is 10.8. The molecule has 5 aromatic rings. The summed E-state index contributed by atoms with van der Waals surface area (Å²) in [6.07, 6.45) is 3.95. The lowest BCUT2D eigenvalue weighted by atomic mass is 10.2. The Morgan fingerprint density at radius 1 is 1.10 bits per heavy atom. The van der Waals surface area contributed by atoms with Gasteiger partial charge in [-0.25, -0.2) is 9.97 Å². The number of carbonyl (C=O) groups excluding carboxylic acids is 1. The highest BCUT2D eigenvalue weighted by atomic mass is 35.5. The maximum atomic E-state index is 12.1. The molecule has 8 nitrogen and oxygen atoms in total. The highest BCUT2D eigenvalue weighted by Crippen LogP contribution is 2.37. The summed E-state index contributed by atoms with van der Waals surface area (Å²) in [6.45, 7) is 1.83. The summed E-state index contributed by atoms with van der Waals surface area (Å²) in [5, 5.41) is 9.92. The Morgan fingerprint density at radius 2 is 1.95 bits per heavy atom. The van der Waals surface area contributed by atoms with E-state index in [1.165, 1.54) is 6.33 Å². The highest BCUT2D eigenvalue weighted by Gasteiger charge is 2.13. The Balaban J connectivity index is 0.00000210. The van der Waals surface area contributed by atoms with Crippen LogP contribution >= 0.6 is 47.8 Å². The summed E-state index contributed by atoms with van der Waals surface area (Å²) in [5.41, 5.74) is 2.44. The number of benzene rings is 2. The number of carbonyl (C=O) groups is 1. The molecule has 2 N–H and O–H groups in total. The summed E-state index contributed by atoms with van der Waals surface area (Å²) < 4.78 is 9.33. The molecule has 0 saturated heterocycles. The third-order valence-corrected chi connectivity index (χ3v) is 7.06. The molecular formula is C27H29Cl3N6O2S. The van der Waals surface area contributed by atoms with E-state index in [1.54, 1.807) is 11.3 Å². The SMILES string of the molecule is CN(C)CCC(=O)NCCn1ccc2ncnc(Nc3ccc(Oc4cccc5sccc45)c(Cl)c3)c21.Cl.Cl. The molecule has 0 aliphatic heterocycles. The van der Waals surface area contributed by atoms with E-state index < -0.39 is 0 Å². The van der Waals surface area contributed by atoms with Gasteiger partial charge in [0.15, 0.2) is 5.82 Å². The third-order valence-electron chi connectivity index (χ3n) is 5.88. The van der Waals surface area contributed by atoms with E-state index >= 15 is 0 Å². The van der Waals surface area contributed by atoms with Crippen molar-refractivity contribution in [2.45, 2.75) is 13.0 Å². The van der Waals surface area contributed by atoms with Crippen LogP contribution in [0.25, 0.3) is 21.1 Å². The standard InChI is InChI=1S/C27H27ClN6O2S.2ClH/c1-33(2)12-9-25(35)29-11-14-34-13-8-21-26(34)27(31-17-30-21)32-18-6-7-23(20(28)16-18)36-22-4-3-5-24-19(22)10-15-37-24;;/h3-8,10,13,15-17H,9,11-12,14H2,1-2H3,(H,29,35)(H,30,31,32);2*1H. The molecule has 3 aromatic heterocycles. The van der Waals surface area contributed by atoms with E-state index in [1.807, 2.05) is 77.6 Å². The minimum absolute atomic E-state index is 0. The van der Waals surface area contributed by atoms with Crippen LogP contribution in [0.15, 0.2) is 66.4 Å². The predicted octanol–water partition coefficient (Wildman–Crippen LogP) is 6.75. The van der Waals surface area contributed by atoms with Crippen molar-refractivity contribution in [3.8, 4) is 11.5 Å². The molecule has 3 heterocycles. The fraction of sp³-hybridized carbons (Fsp3) is 0.222. The van der Waals surface area contributed by atoms with Crippen molar-refractivity contribution >= 4 is 86.3 Å². The number of nitrogens with zero attached hydrogens (tertiary/aromatic N) is 4. The first kappa shape index (κ1) is 30.5. The van der Waals surface area contributed by atoms with Crippen LogP contribution in [0.5, 0.6) is 11.5 Å². The Kier molecular flexibility index (Phi) is 10.8. The van der Waals surface area contributed by atoms with Crippen molar-refractivity contribution in [2.75, 3.05) is 32.5 Å². The number of amides is 1. The molecule has 0 spiro atoms. The number of ether oxygens (including phenoxy) is 1. The minimum atomic E-state index is 0. The fourth-order valence-corrected chi connectivity index (χ4v) is 5.03. The molecule has 206 valence electrons. The van der Waals surface area contributed by atoms with Crippen molar-refractivity contribution in [1.29, 1.82) is 0 Å².